The molecule has 0 bridgehead atoms. The van der Waals surface area contributed by atoms with E-state index in [1.165, 1.54) is 0 Å². The Labute approximate surface area is 182 Å². The lowest BCUT2D eigenvalue weighted by Gasteiger charge is -2.37. The predicted molar refractivity (Wildman–Crippen MR) is 120 cm³/mol. The Morgan fingerprint density at radius 2 is 1.58 bits per heavy atom. The summed E-state index contributed by atoms with van der Waals surface area (Å²) in [6, 6.07) is 25.6. The number of rotatable bonds is 7. The standard InChI is InChI=1S/C26H27NO4/c1-30-23-13-5-8-19(16-23)25(27-15-7-10-21(18-27)26(28)29)20-9-6-14-24(17-20)31-22-11-3-2-4-12-22/h2-6,8-9,11-14,16-17,21,25H,7,10,15,18H2,1H3,(H,28,29). The van der Waals surface area contributed by atoms with E-state index in [-0.39, 0.29) is 12.0 Å². The Morgan fingerprint density at radius 1 is 0.935 bits per heavy atom. The van der Waals surface area contributed by atoms with Crippen molar-refractivity contribution in [3.8, 4) is 17.2 Å². The SMILES string of the molecule is COc1cccc(C(c2cccc(Oc3ccccc3)c2)N2CCCC(C(=O)O)C2)c1. The summed E-state index contributed by atoms with van der Waals surface area (Å²) < 4.78 is 11.5. The highest BCUT2D eigenvalue weighted by Gasteiger charge is 2.31. The van der Waals surface area contributed by atoms with Crippen molar-refractivity contribution < 1.29 is 19.4 Å². The van der Waals surface area contributed by atoms with Crippen molar-refractivity contribution in [2.24, 2.45) is 5.92 Å². The number of para-hydroxylation sites is 1. The molecular weight excluding hydrogens is 390 g/mol. The predicted octanol–water partition coefficient (Wildman–Crippen LogP) is 5.37. The molecule has 1 aliphatic rings. The van der Waals surface area contributed by atoms with E-state index in [0.717, 1.165) is 41.3 Å². The first kappa shape index (κ1) is 20.9. The lowest BCUT2D eigenvalue weighted by molar-refractivity contribution is -0.143. The lowest BCUT2D eigenvalue weighted by Crippen LogP contribution is -2.41. The van der Waals surface area contributed by atoms with Gasteiger partial charge in [-0.3, -0.25) is 9.69 Å². The monoisotopic (exact) mass is 417 g/mol. The number of benzene rings is 3. The smallest absolute Gasteiger partial charge is 0.307 e. The Hall–Kier alpha value is -3.31. The van der Waals surface area contributed by atoms with Crippen molar-refractivity contribution in [3.05, 3.63) is 90.0 Å². The average Bonchev–Trinajstić information content (AvgIpc) is 2.80. The number of likely N-dealkylation sites (tertiary alicyclic amines) is 1. The maximum absolute atomic E-state index is 11.7. The molecule has 5 heteroatoms. The number of carboxylic acid groups (broad SMARTS) is 1. The number of methoxy groups -OCH3 is 1. The van der Waals surface area contributed by atoms with Crippen LogP contribution in [0.15, 0.2) is 78.9 Å². The van der Waals surface area contributed by atoms with E-state index in [1.54, 1.807) is 7.11 Å². The fourth-order valence-corrected chi connectivity index (χ4v) is 4.24. The van der Waals surface area contributed by atoms with Crippen molar-refractivity contribution >= 4 is 5.97 Å². The summed E-state index contributed by atoms with van der Waals surface area (Å²) in [6.45, 7) is 1.36. The first-order valence-corrected chi connectivity index (χ1v) is 10.6. The van der Waals surface area contributed by atoms with Gasteiger partial charge in [-0.1, -0.05) is 42.5 Å². The van der Waals surface area contributed by atoms with Gasteiger partial charge < -0.3 is 14.6 Å². The number of nitrogens with zero attached hydrogens (tertiary/aromatic N) is 1. The van der Waals surface area contributed by atoms with Crippen LogP contribution >= 0.6 is 0 Å². The van der Waals surface area contributed by atoms with E-state index in [0.29, 0.717) is 13.0 Å². The zero-order chi connectivity index (χ0) is 21.6. The molecule has 2 atom stereocenters. The van der Waals surface area contributed by atoms with Crippen LogP contribution in [-0.2, 0) is 4.79 Å². The first-order chi connectivity index (χ1) is 15.1. The van der Waals surface area contributed by atoms with Gasteiger partial charge in [0.25, 0.3) is 0 Å². The highest BCUT2D eigenvalue weighted by atomic mass is 16.5. The second-order valence-corrected chi connectivity index (χ2v) is 7.84. The average molecular weight is 418 g/mol. The summed E-state index contributed by atoms with van der Waals surface area (Å²) in [5.41, 5.74) is 2.13. The molecule has 0 aromatic heterocycles. The molecule has 160 valence electrons. The van der Waals surface area contributed by atoms with Gasteiger partial charge in [-0.05, 0) is 66.9 Å². The second-order valence-electron chi connectivity index (χ2n) is 7.84. The van der Waals surface area contributed by atoms with Crippen LogP contribution in [0.4, 0.5) is 0 Å². The molecule has 1 aliphatic heterocycles. The zero-order valence-corrected chi connectivity index (χ0v) is 17.6. The molecule has 0 aliphatic carbocycles. The Kier molecular flexibility index (Phi) is 6.53. The van der Waals surface area contributed by atoms with Crippen LogP contribution in [0.1, 0.15) is 30.0 Å². The van der Waals surface area contributed by atoms with Crippen molar-refractivity contribution in [2.75, 3.05) is 20.2 Å². The molecule has 1 N–H and O–H groups in total. The van der Waals surface area contributed by atoms with Crippen LogP contribution in [0.2, 0.25) is 0 Å². The second kappa shape index (κ2) is 9.67. The molecule has 4 rings (SSSR count). The quantitative estimate of drug-likeness (QED) is 0.560. The minimum absolute atomic E-state index is 0.0865. The normalized spacial score (nSPS) is 17.6. The van der Waals surface area contributed by atoms with Crippen molar-refractivity contribution in [2.45, 2.75) is 18.9 Å². The molecule has 2 unspecified atom stereocenters. The van der Waals surface area contributed by atoms with Crippen molar-refractivity contribution in [3.63, 3.8) is 0 Å². The zero-order valence-electron chi connectivity index (χ0n) is 17.6. The molecule has 1 heterocycles. The summed E-state index contributed by atoms with van der Waals surface area (Å²) in [5.74, 6) is 1.23. The molecule has 0 spiro atoms. The van der Waals surface area contributed by atoms with Gasteiger partial charge in [0.05, 0.1) is 19.1 Å². The fraction of sp³-hybridized carbons (Fsp3) is 0.269. The molecule has 3 aromatic carbocycles. The highest BCUT2D eigenvalue weighted by molar-refractivity contribution is 5.70. The minimum atomic E-state index is -0.727. The first-order valence-electron chi connectivity index (χ1n) is 10.6. The van der Waals surface area contributed by atoms with Gasteiger partial charge in [0.15, 0.2) is 0 Å². The van der Waals surface area contributed by atoms with Crippen LogP contribution in [-0.4, -0.2) is 36.2 Å². The van der Waals surface area contributed by atoms with E-state index in [2.05, 4.69) is 17.0 Å². The molecule has 5 nitrogen and oxygen atoms in total. The van der Waals surface area contributed by atoms with Gasteiger partial charge in [0.1, 0.15) is 17.2 Å². The van der Waals surface area contributed by atoms with Crippen LogP contribution in [0.3, 0.4) is 0 Å². The fourth-order valence-electron chi connectivity index (χ4n) is 4.24. The van der Waals surface area contributed by atoms with E-state index in [1.807, 2.05) is 66.7 Å². The molecule has 3 aromatic rings. The summed E-state index contributed by atoms with van der Waals surface area (Å²) in [5, 5.41) is 9.60. The van der Waals surface area contributed by atoms with Crippen LogP contribution in [0.25, 0.3) is 0 Å². The number of carboxylic acids is 1. The molecule has 1 fully saturated rings. The summed E-state index contributed by atoms with van der Waals surface area (Å²) in [6.07, 6.45) is 1.57. The van der Waals surface area contributed by atoms with Crippen LogP contribution in [0.5, 0.6) is 17.2 Å². The molecule has 1 saturated heterocycles. The number of carbonyl (C=O) groups is 1. The molecule has 0 radical (unpaired) electrons. The van der Waals surface area contributed by atoms with Gasteiger partial charge in [-0.2, -0.15) is 0 Å². The molecule has 0 saturated carbocycles. The van der Waals surface area contributed by atoms with E-state index in [4.69, 9.17) is 9.47 Å². The number of aliphatic carboxylic acids is 1. The van der Waals surface area contributed by atoms with E-state index >= 15 is 0 Å². The summed E-state index contributed by atoms with van der Waals surface area (Å²) in [7, 11) is 1.66. The number of piperidine rings is 1. The third kappa shape index (κ3) is 5.06. The molecule has 0 amide bonds. The van der Waals surface area contributed by atoms with Crippen molar-refractivity contribution in [1.29, 1.82) is 0 Å². The van der Waals surface area contributed by atoms with Crippen molar-refractivity contribution in [1.82, 2.24) is 4.90 Å². The lowest BCUT2D eigenvalue weighted by atomic mass is 9.91. The minimum Gasteiger partial charge on any atom is -0.497 e. The van der Waals surface area contributed by atoms with Crippen LogP contribution < -0.4 is 9.47 Å². The summed E-state index contributed by atoms with van der Waals surface area (Å²) >= 11 is 0. The van der Waals surface area contributed by atoms with Gasteiger partial charge >= 0.3 is 5.97 Å². The third-order valence-corrected chi connectivity index (χ3v) is 5.73. The van der Waals surface area contributed by atoms with E-state index < -0.39 is 5.97 Å². The molecular formula is C26H27NO4. The largest absolute Gasteiger partial charge is 0.497 e. The maximum Gasteiger partial charge on any atom is 0.307 e. The molecule has 31 heavy (non-hydrogen) atoms. The van der Waals surface area contributed by atoms with Gasteiger partial charge in [-0.25, -0.2) is 0 Å². The maximum atomic E-state index is 11.7. The number of ether oxygens (including phenoxy) is 2. The highest BCUT2D eigenvalue weighted by Crippen LogP contribution is 2.36. The number of hydrogen-bond donors (Lipinski definition) is 1. The van der Waals surface area contributed by atoms with Gasteiger partial charge in [0.2, 0.25) is 0 Å². The Morgan fingerprint density at radius 3 is 2.26 bits per heavy atom. The van der Waals surface area contributed by atoms with Gasteiger partial charge in [0, 0.05) is 6.54 Å². The topological polar surface area (TPSA) is 59.0 Å². The third-order valence-electron chi connectivity index (χ3n) is 5.73. The summed E-state index contributed by atoms with van der Waals surface area (Å²) in [4.78, 5) is 13.9. The number of hydrogen-bond acceptors (Lipinski definition) is 4. The van der Waals surface area contributed by atoms with Crippen LogP contribution in [0, 0.1) is 5.92 Å². The Balaban J connectivity index is 1.70. The Bertz CT molecular complexity index is 1020. The van der Waals surface area contributed by atoms with Gasteiger partial charge in [-0.15, -0.1) is 0 Å². The van der Waals surface area contributed by atoms with E-state index in [9.17, 15) is 9.90 Å².